The first kappa shape index (κ1) is 12.4. The predicted octanol–water partition coefficient (Wildman–Crippen LogP) is 2.04. The molecule has 2 atom stereocenters. The van der Waals surface area contributed by atoms with E-state index >= 15 is 0 Å². The second kappa shape index (κ2) is 4.70. The Morgan fingerprint density at radius 2 is 2.18 bits per heavy atom. The molecule has 2 unspecified atom stereocenters. The molecule has 0 radical (unpaired) electrons. The lowest BCUT2D eigenvalue weighted by Gasteiger charge is -2.24. The van der Waals surface area contributed by atoms with Crippen molar-refractivity contribution >= 4 is 35.0 Å². The molecule has 0 aromatic carbocycles. The van der Waals surface area contributed by atoms with Gasteiger partial charge in [0, 0.05) is 10.6 Å². The van der Waals surface area contributed by atoms with E-state index in [1.54, 1.807) is 6.07 Å². The Hall–Kier alpha value is -1.01. The van der Waals surface area contributed by atoms with Crippen molar-refractivity contribution < 1.29 is 14.7 Å². The highest BCUT2D eigenvalue weighted by molar-refractivity contribution is 8.00. The zero-order valence-corrected chi connectivity index (χ0v) is 11.2. The topological polar surface area (TPSA) is 57.6 Å². The number of carboxylic acids is 1. The van der Waals surface area contributed by atoms with Crippen LogP contribution in [0.25, 0.3) is 0 Å². The number of carbonyl (C=O) groups is 2. The molecule has 1 saturated heterocycles. The predicted molar refractivity (Wildman–Crippen MR) is 68.6 cm³/mol. The van der Waals surface area contributed by atoms with Gasteiger partial charge in [-0.2, -0.15) is 0 Å². The summed E-state index contributed by atoms with van der Waals surface area (Å²) in [6, 6.07) is 2.93. The second-order valence-electron chi connectivity index (χ2n) is 3.91. The van der Waals surface area contributed by atoms with Crippen LogP contribution in [0.2, 0.25) is 0 Å². The fourth-order valence-electron chi connectivity index (χ4n) is 1.82. The summed E-state index contributed by atoms with van der Waals surface area (Å²) in [5, 5.41) is 9.02. The number of carbonyl (C=O) groups excluding carboxylic acids is 1. The number of aliphatic carboxylic acids is 1. The van der Waals surface area contributed by atoms with Crippen molar-refractivity contribution in [3.8, 4) is 0 Å². The highest BCUT2D eigenvalue weighted by Gasteiger charge is 2.40. The third kappa shape index (κ3) is 2.32. The SMILES string of the molecule is Cc1ccc(C(=O)N2C(C)SCC2C(=O)O)s1. The van der Waals surface area contributed by atoms with Gasteiger partial charge in [0.1, 0.15) is 6.04 Å². The van der Waals surface area contributed by atoms with Gasteiger partial charge in [0.2, 0.25) is 0 Å². The fraction of sp³-hybridized carbons (Fsp3) is 0.455. The van der Waals surface area contributed by atoms with E-state index in [-0.39, 0.29) is 11.3 Å². The normalized spacial score (nSPS) is 24.0. The molecule has 92 valence electrons. The Labute approximate surface area is 108 Å². The van der Waals surface area contributed by atoms with Gasteiger partial charge in [-0.25, -0.2) is 4.79 Å². The molecule has 1 aliphatic rings. The first-order valence-electron chi connectivity index (χ1n) is 5.24. The van der Waals surface area contributed by atoms with E-state index < -0.39 is 12.0 Å². The Morgan fingerprint density at radius 1 is 1.47 bits per heavy atom. The molecule has 17 heavy (non-hydrogen) atoms. The molecule has 1 aromatic rings. The van der Waals surface area contributed by atoms with Crippen LogP contribution in [-0.2, 0) is 4.79 Å². The summed E-state index contributed by atoms with van der Waals surface area (Å²) in [6.07, 6.45) is 0. The number of nitrogens with zero attached hydrogens (tertiary/aromatic N) is 1. The Bertz CT molecular complexity index is 457. The zero-order chi connectivity index (χ0) is 12.6. The lowest BCUT2D eigenvalue weighted by atomic mass is 10.2. The largest absolute Gasteiger partial charge is 0.480 e. The Balaban J connectivity index is 2.25. The summed E-state index contributed by atoms with van der Waals surface area (Å²) < 4.78 is 0. The number of aryl methyl sites for hydroxylation is 1. The van der Waals surface area contributed by atoms with E-state index in [2.05, 4.69) is 0 Å². The molecule has 2 rings (SSSR count). The number of amides is 1. The van der Waals surface area contributed by atoms with Gasteiger partial charge in [-0.1, -0.05) is 0 Å². The zero-order valence-electron chi connectivity index (χ0n) is 9.54. The molecule has 4 nitrogen and oxygen atoms in total. The number of carboxylic acid groups (broad SMARTS) is 1. The molecule has 1 aromatic heterocycles. The van der Waals surface area contributed by atoms with Gasteiger partial charge in [-0.15, -0.1) is 23.1 Å². The molecule has 6 heteroatoms. The van der Waals surface area contributed by atoms with Crippen molar-refractivity contribution in [2.24, 2.45) is 0 Å². The van der Waals surface area contributed by atoms with E-state index in [9.17, 15) is 9.59 Å². The van der Waals surface area contributed by atoms with Gasteiger partial charge in [0.15, 0.2) is 0 Å². The molecule has 2 heterocycles. The number of hydrogen-bond acceptors (Lipinski definition) is 4. The van der Waals surface area contributed by atoms with E-state index in [0.29, 0.717) is 10.6 Å². The lowest BCUT2D eigenvalue weighted by Crippen LogP contribution is -2.44. The lowest BCUT2D eigenvalue weighted by molar-refractivity contribution is -0.141. The molecule has 1 aliphatic heterocycles. The van der Waals surface area contributed by atoms with Gasteiger partial charge < -0.3 is 10.0 Å². The summed E-state index contributed by atoms with van der Waals surface area (Å²) in [4.78, 5) is 26.5. The van der Waals surface area contributed by atoms with Gasteiger partial charge in [0.25, 0.3) is 5.91 Å². The molecule has 0 bridgehead atoms. The van der Waals surface area contributed by atoms with Crippen LogP contribution in [0, 0.1) is 6.92 Å². The smallest absolute Gasteiger partial charge is 0.327 e. The average molecular weight is 271 g/mol. The van der Waals surface area contributed by atoms with Crippen molar-refractivity contribution in [1.82, 2.24) is 4.90 Å². The number of rotatable bonds is 2. The number of hydrogen-bond donors (Lipinski definition) is 1. The van der Waals surface area contributed by atoms with Gasteiger partial charge in [-0.3, -0.25) is 4.79 Å². The summed E-state index contributed by atoms with van der Waals surface area (Å²) in [5.74, 6) is -0.636. The molecule has 0 saturated carbocycles. The van der Waals surface area contributed by atoms with Crippen molar-refractivity contribution in [2.45, 2.75) is 25.3 Å². The minimum absolute atomic E-state index is 0.0778. The standard InChI is InChI=1S/C11H13NO3S2/c1-6-3-4-9(17-6)10(13)12-7(2)16-5-8(12)11(14)15/h3-4,7-8H,5H2,1-2H3,(H,14,15). The monoisotopic (exact) mass is 271 g/mol. The van der Waals surface area contributed by atoms with Crippen molar-refractivity contribution in [2.75, 3.05) is 5.75 Å². The minimum Gasteiger partial charge on any atom is -0.480 e. The molecular weight excluding hydrogens is 258 g/mol. The van der Waals surface area contributed by atoms with Crippen molar-refractivity contribution in [3.63, 3.8) is 0 Å². The molecule has 0 aliphatic carbocycles. The maximum atomic E-state index is 12.2. The number of thiophene rings is 1. The number of thioether (sulfide) groups is 1. The highest BCUT2D eigenvalue weighted by Crippen LogP contribution is 2.31. The molecule has 0 spiro atoms. The van der Waals surface area contributed by atoms with Crippen LogP contribution in [-0.4, -0.2) is 39.1 Å². The summed E-state index contributed by atoms with van der Waals surface area (Å²) in [6.45, 7) is 3.80. The van der Waals surface area contributed by atoms with Gasteiger partial charge >= 0.3 is 5.97 Å². The van der Waals surface area contributed by atoms with Gasteiger partial charge in [-0.05, 0) is 26.0 Å². The third-order valence-corrected chi connectivity index (χ3v) is 4.90. The molecular formula is C11H13NO3S2. The van der Waals surface area contributed by atoms with Crippen LogP contribution in [0.1, 0.15) is 21.5 Å². The van der Waals surface area contributed by atoms with Crippen LogP contribution >= 0.6 is 23.1 Å². The first-order chi connectivity index (χ1) is 8.00. The van der Waals surface area contributed by atoms with E-state index in [1.165, 1.54) is 28.0 Å². The maximum absolute atomic E-state index is 12.2. The van der Waals surface area contributed by atoms with Crippen molar-refractivity contribution in [1.29, 1.82) is 0 Å². The first-order valence-corrected chi connectivity index (χ1v) is 7.10. The maximum Gasteiger partial charge on any atom is 0.327 e. The minimum atomic E-state index is -0.927. The van der Waals surface area contributed by atoms with E-state index in [4.69, 9.17) is 5.11 Å². The molecule has 1 N–H and O–H groups in total. The average Bonchev–Trinajstić information content (AvgIpc) is 2.83. The van der Waals surface area contributed by atoms with Crippen LogP contribution in [0.4, 0.5) is 0 Å². The third-order valence-electron chi connectivity index (χ3n) is 2.69. The quantitative estimate of drug-likeness (QED) is 0.894. The van der Waals surface area contributed by atoms with Crippen LogP contribution in [0.15, 0.2) is 12.1 Å². The second-order valence-corrected chi connectivity index (χ2v) is 6.55. The highest BCUT2D eigenvalue weighted by atomic mass is 32.2. The van der Waals surface area contributed by atoms with E-state index in [0.717, 1.165) is 4.88 Å². The Kier molecular flexibility index (Phi) is 3.44. The van der Waals surface area contributed by atoms with Gasteiger partial charge in [0.05, 0.1) is 10.3 Å². The van der Waals surface area contributed by atoms with Crippen LogP contribution in [0.5, 0.6) is 0 Å². The van der Waals surface area contributed by atoms with E-state index in [1.807, 2.05) is 19.9 Å². The molecule has 1 amide bonds. The Morgan fingerprint density at radius 3 is 2.71 bits per heavy atom. The molecule has 1 fully saturated rings. The van der Waals surface area contributed by atoms with Crippen LogP contribution in [0.3, 0.4) is 0 Å². The summed E-state index contributed by atoms with van der Waals surface area (Å²) >= 11 is 2.91. The van der Waals surface area contributed by atoms with Crippen LogP contribution < -0.4 is 0 Å². The fourth-order valence-corrected chi connectivity index (χ4v) is 3.80. The summed E-state index contributed by atoms with van der Waals surface area (Å²) in [5.41, 5.74) is 0. The summed E-state index contributed by atoms with van der Waals surface area (Å²) in [7, 11) is 0. The van der Waals surface area contributed by atoms with Crippen molar-refractivity contribution in [3.05, 3.63) is 21.9 Å².